The van der Waals surface area contributed by atoms with Gasteiger partial charge in [0.15, 0.2) is 6.79 Å². The summed E-state index contributed by atoms with van der Waals surface area (Å²) in [6, 6.07) is 0. The van der Waals surface area contributed by atoms with Crippen LogP contribution in [0.25, 0.3) is 0 Å². The largest absolute Gasteiger partial charge is 0.475 e. The van der Waals surface area contributed by atoms with Gasteiger partial charge in [0.2, 0.25) is 0 Å². The molecule has 0 bridgehead atoms. The second kappa shape index (κ2) is 4.54. The first-order chi connectivity index (χ1) is 6.85. The molecule has 0 aliphatic carbocycles. The van der Waals surface area contributed by atoms with Crippen LogP contribution in [-0.2, 0) is 9.47 Å². The number of ether oxygens (including phenoxy) is 2. The van der Waals surface area contributed by atoms with Gasteiger partial charge in [-0.2, -0.15) is 0 Å². The third-order valence-electron chi connectivity index (χ3n) is 2.45. The zero-order valence-electron chi connectivity index (χ0n) is 10.5. The van der Waals surface area contributed by atoms with Crippen molar-refractivity contribution in [2.45, 2.75) is 51.6 Å². The molecule has 1 saturated heterocycles. The van der Waals surface area contributed by atoms with Crippen molar-refractivity contribution in [3.63, 3.8) is 0 Å². The number of piperidine rings is 1. The van der Waals surface area contributed by atoms with Gasteiger partial charge < -0.3 is 14.8 Å². The maximum atomic E-state index is 5.30. The molecule has 0 radical (unpaired) electrons. The molecule has 0 spiro atoms. The van der Waals surface area contributed by atoms with Crippen LogP contribution in [0.4, 0.5) is 0 Å². The number of methoxy groups -OCH3 is 1. The summed E-state index contributed by atoms with van der Waals surface area (Å²) < 4.78 is 10.2. The molecule has 0 aromatic carbocycles. The van der Waals surface area contributed by atoms with Gasteiger partial charge in [-0.15, -0.1) is 0 Å². The summed E-state index contributed by atoms with van der Waals surface area (Å²) in [4.78, 5) is 0. The van der Waals surface area contributed by atoms with Crippen LogP contribution in [0.2, 0.25) is 0 Å². The molecule has 0 saturated carbocycles. The lowest BCUT2D eigenvalue weighted by molar-refractivity contribution is 0.0175. The normalized spacial score (nSPS) is 23.7. The molecule has 88 valence electrons. The molecular weight excluding hydrogens is 190 g/mol. The van der Waals surface area contributed by atoms with E-state index in [1.165, 1.54) is 5.57 Å². The smallest absolute Gasteiger partial charge is 0.187 e. The van der Waals surface area contributed by atoms with Crippen LogP contribution in [0.1, 0.15) is 40.5 Å². The number of hydrogen-bond acceptors (Lipinski definition) is 3. The van der Waals surface area contributed by atoms with Crippen LogP contribution in [0.15, 0.2) is 11.8 Å². The molecule has 0 amide bonds. The second-order valence-electron chi connectivity index (χ2n) is 5.60. The molecule has 0 unspecified atom stereocenters. The van der Waals surface area contributed by atoms with E-state index in [2.05, 4.69) is 33.0 Å². The molecule has 3 nitrogen and oxygen atoms in total. The Labute approximate surface area is 92.8 Å². The molecule has 1 rings (SSSR count). The number of rotatable bonds is 3. The van der Waals surface area contributed by atoms with Crippen molar-refractivity contribution >= 4 is 0 Å². The minimum Gasteiger partial charge on any atom is -0.475 e. The zero-order chi connectivity index (χ0) is 11.5. The van der Waals surface area contributed by atoms with E-state index in [9.17, 15) is 0 Å². The van der Waals surface area contributed by atoms with Gasteiger partial charge in [-0.05, 0) is 46.1 Å². The highest BCUT2D eigenvalue weighted by atomic mass is 16.7. The maximum absolute atomic E-state index is 5.30. The van der Waals surface area contributed by atoms with Gasteiger partial charge in [0, 0.05) is 18.2 Å². The summed E-state index contributed by atoms with van der Waals surface area (Å²) in [5, 5.41) is 3.62. The highest BCUT2D eigenvalue weighted by Crippen LogP contribution is 2.32. The molecule has 0 atom stereocenters. The summed E-state index contributed by atoms with van der Waals surface area (Å²) in [7, 11) is 1.63. The minimum absolute atomic E-state index is 0.143. The fourth-order valence-electron chi connectivity index (χ4n) is 2.51. The molecule has 1 aliphatic heterocycles. The Kier molecular flexibility index (Phi) is 3.79. The first kappa shape index (κ1) is 12.5. The van der Waals surface area contributed by atoms with Crippen molar-refractivity contribution < 1.29 is 9.47 Å². The van der Waals surface area contributed by atoms with Crippen molar-refractivity contribution in [1.82, 2.24) is 5.32 Å². The fraction of sp³-hybridized carbons (Fsp3) is 0.833. The summed E-state index contributed by atoms with van der Waals surface area (Å²) in [6.45, 7) is 9.21. The average Bonchev–Trinajstić information content (AvgIpc) is 1.98. The Balaban J connectivity index is 2.62. The van der Waals surface area contributed by atoms with E-state index in [1.54, 1.807) is 7.11 Å². The summed E-state index contributed by atoms with van der Waals surface area (Å²) in [5.74, 6) is 0. The van der Waals surface area contributed by atoms with Crippen LogP contribution in [0.5, 0.6) is 0 Å². The molecule has 1 N–H and O–H groups in total. The molecule has 15 heavy (non-hydrogen) atoms. The Hall–Kier alpha value is -0.540. The van der Waals surface area contributed by atoms with Crippen molar-refractivity contribution in [3.05, 3.63) is 11.8 Å². The van der Waals surface area contributed by atoms with Crippen LogP contribution in [-0.4, -0.2) is 25.0 Å². The Morgan fingerprint density at radius 3 is 2.20 bits per heavy atom. The first-order valence-corrected chi connectivity index (χ1v) is 5.42. The molecule has 1 aliphatic rings. The predicted molar refractivity (Wildman–Crippen MR) is 61.6 cm³/mol. The predicted octanol–water partition coefficient (Wildman–Crippen LogP) is 2.43. The van der Waals surface area contributed by atoms with Gasteiger partial charge in [-0.1, -0.05) is 0 Å². The number of hydrogen-bond donors (Lipinski definition) is 1. The first-order valence-electron chi connectivity index (χ1n) is 5.42. The van der Waals surface area contributed by atoms with Crippen LogP contribution < -0.4 is 5.32 Å². The van der Waals surface area contributed by atoms with E-state index in [4.69, 9.17) is 9.47 Å². The molecule has 1 heterocycles. The van der Waals surface area contributed by atoms with E-state index in [0.29, 0.717) is 6.79 Å². The van der Waals surface area contributed by atoms with E-state index in [0.717, 1.165) is 12.8 Å². The maximum Gasteiger partial charge on any atom is 0.187 e. The highest BCUT2D eigenvalue weighted by molar-refractivity contribution is 5.14. The van der Waals surface area contributed by atoms with E-state index < -0.39 is 0 Å². The van der Waals surface area contributed by atoms with Gasteiger partial charge in [0.1, 0.15) is 0 Å². The molecule has 1 fully saturated rings. The lowest BCUT2D eigenvalue weighted by Gasteiger charge is -2.43. The standard InChI is InChI=1S/C12H23NO2/c1-11(2)6-10(8-15-9-14-5)7-12(3,4)13-11/h8,13H,6-7,9H2,1-5H3. The van der Waals surface area contributed by atoms with E-state index >= 15 is 0 Å². The summed E-state index contributed by atoms with van der Waals surface area (Å²) >= 11 is 0. The Bertz CT molecular complexity index is 226. The van der Waals surface area contributed by atoms with Gasteiger partial charge >= 0.3 is 0 Å². The van der Waals surface area contributed by atoms with Crippen molar-refractivity contribution in [1.29, 1.82) is 0 Å². The molecule has 3 heteroatoms. The Morgan fingerprint density at radius 1 is 1.20 bits per heavy atom. The topological polar surface area (TPSA) is 30.5 Å². The van der Waals surface area contributed by atoms with Crippen LogP contribution in [0, 0.1) is 0 Å². The van der Waals surface area contributed by atoms with Crippen molar-refractivity contribution in [2.24, 2.45) is 0 Å². The van der Waals surface area contributed by atoms with Crippen molar-refractivity contribution in [3.8, 4) is 0 Å². The third kappa shape index (κ3) is 4.22. The van der Waals surface area contributed by atoms with Gasteiger partial charge in [-0.3, -0.25) is 0 Å². The molecule has 0 aromatic rings. The van der Waals surface area contributed by atoms with E-state index in [-0.39, 0.29) is 11.1 Å². The fourth-order valence-corrected chi connectivity index (χ4v) is 2.51. The van der Waals surface area contributed by atoms with E-state index in [1.807, 2.05) is 6.26 Å². The van der Waals surface area contributed by atoms with Gasteiger partial charge in [-0.25, -0.2) is 0 Å². The number of nitrogens with one attached hydrogen (secondary N) is 1. The average molecular weight is 213 g/mol. The second-order valence-corrected chi connectivity index (χ2v) is 5.60. The van der Waals surface area contributed by atoms with Crippen LogP contribution in [0.3, 0.4) is 0 Å². The zero-order valence-corrected chi connectivity index (χ0v) is 10.5. The minimum atomic E-state index is 0.143. The quantitative estimate of drug-likeness (QED) is 0.444. The Morgan fingerprint density at radius 2 is 1.73 bits per heavy atom. The van der Waals surface area contributed by atoms with Gasteiger partial charge in [0.25, 0.3) is 0 Å². The van der Waals surface area contributed by atoms with Gasteiger partial charge in [0.05, 0.1) is 6.26 Å². The summed E-state index contributed by atoms with van der Waals surface area (Å²) in [5.41, 5.74) is 1.63. The summed E-state index contributed by atoms with van der Waals surface area (Å²) in [6.07, 6.45) is 3.91. The monoisotopic (exact) mass is 213 g/mol. The lowest BCUT2D eigenvalue weighted by Crippen LogP contribution is -2.55. The SMILES string of the molecule is COCOC=C1CC(C)(C)NC(C)(C)C1. The molecular formula is C12H23NO2. The van der Waals surface area contributed by atoms with Crippen LogP contribution >= 0.6 is 0 Å². The highest BCUT2D eigenvalue weighted by Gasteiger charge is 2.34. The molecule has 0 aromatic heterocycles. The van der Waals surface area contributed by atoms with Crippen molar-refractivity contribution in [2.75, 3.05) is 13.9 Å². The third-order valence-corrected chi connectivity index (χ3v) is 2.45. The lowest BCUT2D eigenvalue weighted by atomic mass is 9.80.